The van der Waals surface area contributed by atoms with Gasteiger partial charge in [-0.1, -0.05) is 24.3 Å². The van der Waals surface area contributed by atoms with Crippen LogP contribution in [0.25, 0.3) is 0 Å². The largest absolute Gasteiger partial charge is 0.381 e. The topological polar surface area (TPSA) is 9.23 Å². The van der Waals surface area contributed by atoms with Crippen LogP contribution in [0.3, 0.4) is 0 Å². The zero-order valence-corrected chi connectivity index (χ0v) is 10.5. The van der Waals surface area contributed by atoms with Crippen molar-refractivity contribution in [2.45, 2.75) is 57.8 Å². The standard InChI is InChI=1S/C6H10.C5H8.C4H8O/c1-2-4-6-5-3-1;2*1-2-4-5-3-1/h1-2H,3-6H2;1-2H,3-5H2;1-4H2. The first-order valence-electron chi connectivity index (χ1n) is 6.88. The summed E-state index contributed by atoms with van der Waals surface area (Å²) in [6, 6.07) is 0. The second-order valence-electron chi connectivity index (χ2n) is 4.48. The zero-order chi connectivity index (χ0) is 11.3. The smallest absolute Gasteiger partial charge is 0.0466 e. The van der Waals surface area contributed by atoms with Gasteiger partial charge >= 0.3 is 0 Å². The van der Waals surface area contributed by atoms with Gasteiger partial charge < -0.3 is 4.74 Å². The van der Waals surface area contributed by atoms with Crippen LogP contribution in [0.1, 0.15) is 57.8 Å². The van der Waals surface area contributed by atoms with E-state index in [1.165, 1.54) is 57.8 Å². The number of hydrogen-bond donors (Lipinski definition) is 0. The van der Waals surface area contributed by atoms with Crippen LogP contribution in [0.2, 0.25) is 0 Å². The normalized spacial score (nSPS) is 22.0. The Hall–Kier alpha value is -0.560. The highest BCUT2D eigenvalue weighted by molar-refractivity contribution is 4.88. The van der Waals surface area contributed by atoms with E-state index in [0.29, 0.717) is 0 Å². The van der Waals surface area contributed by atoms with E-state index in [0.717, 1.165) is 13.2 Å². The van der Waals surface area contributed by atoms with Crippen LogP contribution < -0.4 is 0 Å². The molecule has 0 aromatic heterocycles. The summed E-state index contributed by atoms with van der Waals surface area (Å²) < 4.78 is 4.94. The molecule has 0 atom stereocenters. The maximum absolute atomic E-state index is 4.94. The summed E-state index contributed by atoms with van der Waals surface area (Å²) in [6.45, 7) is 2.00. The van der Waals surface area contributed by atoms with Gasteiger partial charge in [-0.3, -0.25) is 0 Å². The third-order valence-electron chi connectivity index (χ3n) is 2.89. The van der Waals surface area contributed by atoms with Gasteiger partial charge in [0, 0.05) is 13.2 Å². The summed E-state index contributed by atoms with van der Waals surface area (Å²) in [5.74, 6) is 0. The van der Waals surface area contributed by atoms with Gasteiger partial charge in [-0.25, -0.2) is 0 Å². The molecule has 92 valence electrons. The van der Waals surface area contributed by atoms with Crippen molar-refractivity contribution in [2.75, 3.05) is 13.2 Å². The summed E-state index contributed by atoms with van der Waals surface area (Å²) in [5, 5.41) is 0. The summed E-state index contributed by atoms with van der Waals surface area (Å²) in [6.07, 6.45) is 21.1. The highest BCUT2D eigenvalue weighted by atomic mass is 16.5. The predicted octanol–water partition coefficient (Wildman–Crippen LogP) is 4.64. The van der Waals surface area contributed by atoms with Crippen molar-refractivity contribution in [3.8, 4) is 0 Å². The second kappa shape index (κ2) is 10.9. The molecule has 0 radical (unpaired) electrons. The molecule has 0 unspecified atom stereocenters. The van der Waals surface area contributed by atoms with Crippen molar-refractivity contribution in [3.63, 3.8) is 0 Å². The molecule has 1 aliphatic heterocycles. The quantitative estimate of drug-likeness (QED) is 0.542. The lowest BCUT2D eigenvalue weighted by atomic mass is 10.1. The van der Waals surface area contributed by atoms with Crippen molar-refractivity contribution < 1.29 is 4.74 Å². The number of allylic oxidation sites excluding steroid dienone is 4. The van der Waals surface area contributed by atoms with Crippen molar-refractivity contribution in [2.24, 2.45) is 0 Å². The fourth-order valence-electron chi connectivity index (χ4n) is 1.86. The molecule has 2 aliphatic carbocycles. The van der Waals surface area contributed by atoms with E-state index in [2.05, 4.69) is 24.3 Å². The van der Waals surface area contributed by atoms with Gasteiger partial charge in [0.15, 0.2) is 0 Å². The Labute approximate surface area is 101 Å². The van der Waals surface area contributed by atoms with Gasteiger partial charge in [0.05, 0.1) is 0 Å². The average molecular weight is 222 g/mol. The van der Waals surface area contributed by atoms with Crippen molar-refractivity contribution >= 4 is 0 Å². The van der Waals surface area contributed by atoms with E-state index >= 15 is 0 Å². The molecule has 0 aromatic carbocycles. The number of rotatable bonds is 0. The molecular formula is C15H26O. The molecule has 1 saturated heterocycles. The fourth-order valence-corrected chi connectivity index (χ4v) is 1.86. The predicted molar refractivity (Wildman–Crippen MR) is 70.7 cm³/mol. The minimum Gasteiger partial charge on any atom is -0.381 e. The number of ether oxygens (including phenoxy) is 1. The van der Waals surface area contributed by atoms with Crippen LogP contribution in [-0.2, 0) is 4.74 Å². The molecule has 3 aliphatic rings. The molecule has 0 aromatic rings. The molecule has 1 heterocycles. The van der Waals surface area contributed by atoms with Gasteiger partial charge in [0.25, 0.3) is 0 Å². The summed E-state index contributed by atoms with van der Waals surface area (Å²) >= 11 is 0. The molecular weight excluding hydrogens is 196 g/mol. The third-order valence-corrected chi connectivity index (χ3v) is 2.89. The van der Waals surface area contributed by atoms with Crippen molar-refractivity contribution in [1.29, 1.82) is 0 Å². The van der Waals surface area contributed by atoms with Crippen molar-refractivity contribution in [1.82, 2.24) is 0 Å². The van der Waals surface area contributed by atoms with E-state index < -0.39 is 0 Å². The van der Waals surface area contributed by atoms with Crippen molar-refractivity contribution in [3.05, 3.63) is 24.3 Å². The molecule has 0 N–H and O–H groups in total. The van der Waals surface area contributed by atoms with Gasteiger partial charge in [-0.05, 0) is 57.8 Å². The summed E-state index contributed by atoms with van der Waals surface area (Å²) in [7, 11) is 0. The molecule has 3 rings (SSSR count). The Bertz CT molecular complexity index is 168. The van der Waals surface area contributed by atoms with Gasteiger partial charge in [-0.2, -0.15) is 0 Å². The lowest BCUT2D eigenvalue weighted by Crippen LogP contribution is -1.77. The van der Waals surface area contributed by atoms with Gasteiger partial charge in [0.2, 0.25) is 0 Å². The van der Waals surface area contributed by atoms with E-state index in [1.807, 2.05) is 0 Å². The summed E-state index contributed by atoms with van der Waals surface area (Å²) in [4.78, 5) is 0. The van der Waals surface area contributed by atoms with E-state index in [9.17, 15) is 0 Å². The van der Waals surface area contributed by atoms with E-state index in [4.69, 9.17) is 4.74 Å². The Morgan fingerprint density at radius 3 is 1.12 bits per heavy atom. The zero-order valence-electron chi connectivity index (χ0n) is 10.5. The van der Waals surface area contributed by atoms with E-state index in [-0.39, 0.29) is 0 Å². The molecule has 0 bridgehead atoms. The molecule has 1 heteroatoms. The van der Waals surface area contributed by atoms with Gasteiger partial charge in [-0.15, -0.1) is 0 Å². The van der Waals surface area contributed by atoms with Gasteiger partial charge in [0.1, 0.15) is 0 Å². The lowest BCUT2D eigenvalue weighted by Gasteiger charge is -1.97. The minimum atomic E-state index is 1.00. The number of hydrogen-bond acceptors (Lipinski definition) is 1. The third kappa shape index (κ3) is 8.72. The second-order valence-corrected chi connectivity index (χ2v) is 4.48. The Kier molecular flexibility index (Phi) is 9.24. The Morgan fingerprint density at radius 2 is 0.938 bits per heavy atom. The first kappa shape index (κ1) is 13.5. The van der Waals surface area contributed by atoms with Crippen LogP contribution >= 0.6 is 0 Å². The first-order chi connectivity index (χ1) is 8.00. The summed E-state index contributed by atoms with van der Waals surface area (Å²) in [5.41, 5.74) is 0. The first-order valence-corrected chi connectivity index (χ1v) is 6.88. The molecule has 16 heavy (non-hydrogen) atoms. The lowest BCUT2D eigenvalue weighted by molar-refractivity contribution is 0.198. The molecule has 0 amide bonds. The molecule has 1 nitrogen and oxygen atoms in total. The highest BCUT2D eigenvalue weighted by Crippen LogP contribution is 2.07. The fraction of sp³-hybridized carbons (Fsp3) is 0.733. The minimum absolute atomic E-state index is 1.00. The maximum Gasteiger partial charge on any atom is 0.0466 e. The monoisotopic (exact) mass is 222 g/mol. The van der Waals surface area contributed by atoms with Crippen LogP contribution in [0.15, 0.2) is 24.3 Å². The Balaban J connectivity index is 0.000000121. The molecule has 0 saturated carbocycles. The molecule has 0 spiro atoms. The maximum atomic E-state index is 4.94. The highest BCUT2D eigenvalue weighted by Gasteiger charge is 1.94. The van der Waals surface area contributed by atoms with Crippen LogP contribution in [-0.4, -0.2) is 13.2 Å². The van der Waals surface area contributed by atoms with Crippen LogP contribution in [0, 0.1) is 0 Å². The van der Waals surface area contributed by atoms with E-state index in [1.54, 1.807) is 0 Å². The van der Waals surface area contributed by atoms with Crippen LogP contribution in [0.5, 0.6) is 0 Å². The van der Waals surface area contributed by atoms with Crippen LogP contribution in [0.4, 0.5) is 0 Å². The SMILES string of the molecule is C1=CCCC1.C1=CCCCC1.C1CCOC1. The molecule has 1 fully saturated rings. The Morgan fingerprint density at radius 1 is 0.500 bits per heavy atom. The average Bonchev–Trinajstić information content (AvgIpc) is 3.10.